The lowest BCUT2D eigenvalue weighted by Gasteiger charge is -2.30. The predicted octanol–water partition coefficient (Wildman–Crippen LogP) is 3.50. The number of aromatic nitrogens is 2. The van der Waals surface area contributed by atoms with Crippen molar-refractivity contribution in [2.75, 3.05) is 26.2 Å². The van der Waals surface area contributed by atoms with Gasteiger partial charge in [-0.2, -0.15) is 0 Å². The molecule has 2 aliphatic rings. The number of hydrogen-bond donors (Lipinski definition) is 2. The summed E-state index contributed by atoms with van der Waals surface area (Å²) in [5.41, 5.74) is 4.40. The molecule has 2 atom stereocenters. The van der Waals surface area contributed by atoms with E-state index in [4.69, 9.17) is 0 Å². The average Bonchev–Trinajstić information content (AvgIpc) is 3.21. The number of H-pyrrole nitrogens is 1. The van der Waals surface area contributed by atoms with Gasteiger partial charge in [0, 0.05) is 37.6 Å². The van der Waals surface area contributed by atoms with E-state index in [2.05, 4.69) is 26.4 Å². The van der Waals surface area contributed by atoms with Gasteiger partial charge in [0.1, 0.15) is 0 Å². The molecule has 29 heavy (non-hydrogen) atoms. The van der Waals surface area contributed by atoms with Crippen molar-refractivity contribution in [3.63, 3.8) is 0 Å². The number of aromatic amines is 1. The van der Waals surface area contributed by atoms with E-state index in [-0.39, 0.29) is 6.03 Å². The lowest BCUT2D eigenvalue weighted by atomic mass is 9.81. The summed E-state index contributed by atoms with van der Waals surface area (Å²) in [6.45, 7) is 2.58. The number of fused-ring (bicyclic) bond motifs is 1. The van der Waals surface area contributed by atoms with E-state index in [0.29, 0.717) is 38.0 Å². The van der Waals surface area contributed by atoms with Gasteiger partial charge in [0.2, 0.25) is 6.08 Å². The molecule has 2 unspecified atom stereocenters. The van der Waals surface area contributed by atoms with Crippen LogP contribution in [0.3, 0.4) is 0 Å². The maximum atomic E-state index is 12.6. The average molecular weight is 393 g/mol. The summed E-state index contributed by atoms with van der Waals surface area (Å²) in [6.07, 6.45) is 12.8. The van der Waals surface area contributed by atoms with Crippen LogP contribution >= 0.6 is 0 Å². The molecule has 2 aromatic rings. The molecule has 0 saturated heterocycles. The summed E-state index contributed by atoms with van der Waals surface area (Å²) in [6, 6.07) is 3.95. The minimum Gasteiger partial charge on any atom is -0.359 e. The quantitative estimate of drug-likeness (QED) is 0.602. The van der Waals surface area contributed by atoms with E-state index in [9.17, 15) is 9.59 Å². The molecular weight excluding hydrogens is 366 g/mol. The van der Waals surface area contributed by atoms with Crippen molar-refractivity contribution in [1.82, 2.24) is 20.2 Å². The van der Waals surface area contributed by atoms with E-state index in [1.54, 1.807) is 6.08 Å². The highest BCUT2D eigenvalue weighted by Gasteiger charge is 2.24. The van der Waals surface area contributed by atoms with Crippen LogP contribution in [0.1, 0.15) is 37.7 Å². The SMILES string of the molecule is O=C=NCC1CCCC(CNC(=O)N2CC=C(c3c[nH]c4cccnc34)CC2)C1. The van der Waals surface area contributed by atoms with Crippen LogP contribution in [0.15, 0.2) is 35.6 Å². The molecule has 0 spiro atoms. The molecule has 1 aliphatic carbocycles. The van der Waals surface area contributed by atoms with Gasteiger partial charge in [-0.05, 0) is 55.2 Å². The Morgan fingerprint density at radius 2 is 2.28 bits per heavy atom. The Bertz CT molecular complexity index is 944. The largest absolute Gasteiger partial charge is 0.359 e. The number of hydrogen-bond acceptors (Lipinski definition) is 4. The molecule has 3 heterocycles. The molecule has 2 N–H and O–H groups in total. The third-order valence-electron chi connectivity index (χ3n) is 6.12. The highest BCUT2D eigenvalue weighted by Crippen LogP contribution is 2.29. The molecule has 2 amide bonds. The number of aliphatic imine (C=N–C) groups is 1. The molecule has 7 nitrogen and oxygen atoms in total. The van der Waals surface area contributed by atoms with Gasteiger partial charge in [-0.25, -0.2) is 14.6 Å². The smallest absolute Gasteiger partial charge is 0.317 e. The summed E-state index contributed by atoms with van der Waals surface area (Å²) < 4.78 is 0. The standard InChI is InChI=1S/C22H27N5O2/c28-15-23-12-16-3-1-4-17(11-16)13-26-22(29)27-9-6-18(7-10-27)19-14-25-20-5-2-8-24-21(19)20/h2,5-6,8,14,16-17,25H,1,3-4,7,9-13H2,(H,26,29). The van der Waals surface area contributed by atoms with Crippen LogP contribution in [0.5, 0.6) is 0 Å². The van der Waals surface area contributed by atoms with Crippen LogP contribution in [0.2, 0.25) is 0 Å². The number of carbonyl (C=O) groups excluding carboxylic acids is 2. The third-order valence-corrected chi connectivity index (χ3v) is 6.12. The second-order valence-electron chi connectivity index (χ2n) is 8.04. The van der Waals surface area contributed by atoms with E-state index >= 15 is 0 Å². The molecule has 1 fully saturated rings. The maximum Gasteiger partial charge on any atom is 0.317 e. The van der Waals surface area contributed by atoms with E-state index in [1.807, 2.05) is 29.4 Å². The Hall–Kier alpha value is -2.92. The highest BCUT2D eigenvalue weighted by atomic mass is 16.2. The van der Waals surface area contributed by atoms with Gasteiger partial charge in [0.05, 0.1) is 17.6 Å². The number of isocyanates is 1. The first-order chi connectivity index (χ1) is 14.2. The van der Waals surface area contributed by atoms with Gasteiger partial charge in [-0.1, -0.05) is 12.5 Å². The summed E-state index contributed by atoms with van der Waals surface area (Å²) >= 11 is 0. The van der Waals surface area contributed by atoms with Gasteiger partial charge in [-0.15, -0.1) is 0 Å². The van der Waals surface area contributed by atoms with Crippen LogP contribution in [-0.2, 0) is 4.79 Å². The Kier molecular flexibility index (Phi) is 6.06. The Balaban J connectivity index is 1.29. The number of pyridine rings is 1. The van der Waals surface area contributed by atoms with Gasteiger partial charge in [0.25, 0.3) is 0 Å². The first-order valence-corrected chi connectivity index (χ1v) is 10.4. The zero-order valence-electron chi connectivity index (χ0n) is 16.6. The van der Waals surface area contributed by atoms with Crippen molar-refractivity contribution >= 4 is 28.7 Å². The number of urea groups is 1. The fourth-order valence-corrected chi connectivity index (χ4v) is 4.56. The number of nitrogens with one attached hydrogen (secondary N) is 2. The molecule has 0 aromatic carbocycles. The van der Waals surface area contributed by atoms with Crippen LogP contribution < -0.4 is 5.32 Å². The second kappa shape index (κ2) is 9.05. The van der Waals surface area contributed by atoms with Crippen molar-refractivity contribution in [1.29, 1.82) is 0 Å². The first kappa shape index (κ1) is 19.4. The molecule has 152 valence electrons. The normalized spacial score (nSPS) is 22.1. The second-order valence-corrected chi connectivity index (χ2v) is 8.04. The number of carbonyl (C=O) groups is 1. The van der Waals surface area contributed by atoms with Crippen molar-refractivity contribution < 1.29 is 9.59 Å². The predicted molar refractivity (Wildman–Crippen MR) is 112 cm³/mol. The van der Waals surface area contributed by atoms with Crippen LogP contribution in [0, 0.1) is 11.8 Å². The molecule has 0 bridgehead atoms. The Morgan fingerprint density at radius 1 is 1.38 bits per heavy atom. The first-order valence-electron chi connectivity index (χ1n) is 10.4. The van der Waals surface area contributed by atoms with Crippen LogP contribution in [-0.4, -0.2) is 53.2 Å². The van der Waals surface area contributed by atoms with Crippen LogP contribution in [0.25, 0.3) is 16.6 Å². The number of rotatable bonds is 5. The zero-order valence-corrected chi connectivity index (χ0v) is 16.6. The van der Waals surface area contributed by atoms with Crippen molar-refractivity contribution in [3.8, 4) is 0 Å². The lowest BCUT2D eigenvalue weighted by molar-refractivity contribution is 0.196. The van der Waals surface area contributed by atoms with Crippen molar-refractivity contribution in [2.45, 2.75) is 32.1 Å². The van der Waals surface area contributed by atoms with Gasteiger partial charge in [-0.3, -0.25) is 4.98 Å². The van der Waals surface area contributed by atoms with Gasteiger partial charge in [0.15, 0.2) is 0 Å². The topological polar surface area (TPSA) is 90.5 Å². The molecule has 1 aliphatic heterocycles. The monoisotopic (exact) mass is 393 g/mol. The summed E-state index contributed by atoms with van der Waals surface area (Å²) in [4.78, 5) is 36.3. The van der Waals surface area contributed by atoms with Crippen molar-refractivity contribution in [2.24, 2.45) is 16.8 Å². The van der Waals surface area contributed by atoms with Gasteiger partial charge < -0.3 is 15.2 Å². The van der Waals surface area contributed by atoms with Crippen molar-refractivity contribution in [3.05, 3.63) is 36.2 Å². The summed E-state index contributed by atoms with van der Waals surface area (Å²) in [5, 5.41) is 3.11. The van der Waals surface area contributed by atoms with Crippen LogP contribution in [0.4, 0.5) is 4.79 Å². The fraction of sp³-hybridized carbons (Fsp3) is 0.500. The molecule has 7 heteroatoms. The summed E-state index contributed by atoms with van der Waals surface area (Å²) in [5.74, 6) is 0.908. The molecule has 1 saturated carbocycles. The molecule has 0 radical (unpaired) electrons. The maximum absolute atomic E-state index is 12.6. The van der Waals surface area contributed by atoms with E-state index in [0.717, 1.165) is 48.7 Å². The summed E-state index contributed by atoms with van der Waals surface area (Å²) in [7, 11) is 0. The lowest BCUT2D eigenvalue weighted by Crippen LogP contribution is -2.44. The fourth-order valence-electron chi connectivity index (χ4n) is 4.56. The minimum atomic E-state index is 0.00499. The molecule has 2 aromatic heterocycles. The number of amides is 2. The third kappa shape index (κ3) is 4.57. The number of nitrogens with zero attached hydrogens (tertiary/aromatic N) is 3. The Morgan fingerprint density at radius 3 is 3.10 bits per heavy atom. The Labute approximate surface area is 170 Å². The molecule has 4 rings (SSSR count). The minimum absolute atomic E-state index is 0.00499. The van der Waals surface area contributed by atoms with E-state index < -0.39 is 0 Å². The highest BCUT2D eigenvalue weighted by molar-refractivity contribution is 5.90. The van der Waals surface area contributed by atoms with E-state index in [1.165, 1.54) is 5.57 Å². The molecular formula is C22H27N5O2. The zero-order chi connectivity index (χ0) is 20.1. The van der Waals surface area contributed by atoms with Gasteiger partial charge >= 0.3 is 6.03 Å².